The standard InChI is InChI=1S/C25H27N3O6S2/c1-19-8-13-23(16-24(19)28(30)31)36(32,33)27(21-9-11-22(34-2)12-10-21)17-25(29)26-14-15-35-18-20-6-4-3-5-7-20/h3-13,16H,14-15,17-18H2,1-2H3,(H,26,29). The summed E-state index contributed by atoms with van der Waals surface area (Å²) in [6.07, 6.45) is 0. The largest absolute Gasteiger partial charge is 0.497 e. The molecule has 3 rings (SSSR count). The Bertz CT molecular complexity index is 1300. The molecule has 0 aromatic heterocycles. The predicted octanol–water partition coefficient (Wildman–Crippen LogP) is 4.16. The summed E-state index contributed by atoms with van der Waals surface area (Å²) >= 11 is 1.65. The van der Waals surface area contributed by atoms with Crippen molar-refractivity contribution in [1.82, 2.24) is 5.32 Å². The third-order valence-corrected chi connectivity index (χ3v) is 8.09. The molecule has 0 saturated carbocycles. The Hall–Kier alpha value is -3.57. The Labute approximate surface area is 214 Å². The number of nitro groups is 1. The molecule has 3 aromatic rings. The zero-order chi connectivity index (χ0) is 26.1. The van der Waals surface area contributed by atoms with Gasteiger partial charge in [-0.3, -0.25) is 19.2 Å². The smallest absolute Gasteiger partial charge is 0.273 e. The lowest BCUT2D eigenvalue weighted by Gasteiger charge is -2.24. The van der Waals surface area contributed by atoms with Crippen LogP contribution in [0.4, 0.5) is 11.4 Å². The van der Waals surface area contributed by atoms with Gasteiger partial charge in [0.05, 0.1) is 22.6 Å². The van der Waals surface area contributed by atoms with E-state index in [0.29, 0.717) is 23.6 Å². The molecule has 0 aliphatic rings. The third-order valence-electron chi connectivity index (χ3n) is 5.29. The number of hydrogen-bond acceptors (Lipinski definition) is 7. The SMILES string of the molecule is COc1ccc(N(CC(=O)NCCSCc2ccccc2)S(=O)(=O)c2ccc(C)c([N+](=O)[O-])c2)cc1. The van der Waals surface area contributed by atoms with Gasteiger partial charge in [0.15, 0.2) is 0 Å². The van der Waals surface area contributed by atoms with Gasteiger partial charge in [-0.2, -0.15) is 11.8 Å². The summed E-state index contributed by atoms with van der Waals surface area (Å²) in [5.41, 5.74) is 1.43. The molecule has 0 saturated heterocycles. The van der Waals surface area contributed by atoms with E-state index in [2.05, 4.69) is 5.32 Å². The summed E-state index contributed by atoms with van der Waals surface area (Å²) in [5.74, 6) is 1.48. The predicted molar refractivity (Wildman–Crippen MR) is 141 cm³/mol. The number of nitrogens with one attached hydrogen (secondary N) is 1. The quantitative estimate of drug-likeness (QED) is 0.213. The summed E-state index contributed by atoms with van der Waals surface area (Å²) in [4.78, 5) is 23.2. The lowest BCUT2D eigenvalue weighted by Crippen LogP contribution is -2.41. The number of nitrogens with zero attached hydrogens (tertiary/aromatic N) is 2. The first-order valence-corrected chi connectivity index (χ1v) is 13.6. The van der Waals surface area contributed by atoms with Gasteiger partial charge in [-0.1, -0.05) is 36.4 Å². The fraction of sp³-hybridized carbons (Fsp3) is 0.240. The second-order valence-electron chi connectivity index (χ2n) is 7.80. The van der Waals surface area contributed by atoms with Gasteiger partial charge in [0.2, 0.25) is 5.91 Å². The minimum absolute atomic E-state index is 0.229. The van der Waals surface area contributed by atoms with Crippen LogP contribution < -0.4 is 14.4 Å². The molecule has 1 N–H and O–H groups in total. The van der Waals surface area contributed by atoms with Crippen LogP contribution in [0, 0.1) is 17.0 Å². The van der Waals surface area contributed by atoms with Crippen molar-refractivity contribution < 1.29 is 22.9 Å². The van der Waals surface area contributed by atoms with Gasteiger partial charge in [-0.25, -0.2) is 8.42 Å². The number of carbonyl (C=O) groups excluding carboxylic acids is 1. The zero-order valence-corrected chi connectivity index (χ0v) is 21.6. The maximum Gasteiger partial charge on any atom is 0.273 e. The molecule has 9 nitrogen and oxygen atoms in total. The number of rotatable bonds is 12. The van der Waals surface area contributed by atoms with Crippen LogP contribution in [0.3, 0.4) is 0 Å². The maximum atomic E-state index is 13.5. The molecule has 0 atom stereocenters. The highest BCUT2D eigenvalue weighted by atomic mass is 32.2. The van der Waals surface area contributed by atoms with Crippen molar-refractivity contribution >= 4 is 39.1 Å². The first-order valence-electron chi connectivity index (χ1n) is 11.0. The molecule has 3 aromatic carbocycles. The van der Waals surface area contributed by atoms with E-state index in [9.17, 15) is 23.3 Å². The molecule has 11 heteroatoms. The van der Waals surface area contributed by atoms with E-state index in [0.717, 1.165) is 16.1 Å². The molecule has 0 unspecified atom stereocenters. The molecule has 1 amide bonds. The Morgan fingerprint density at radius 3 is 2.42 bits per heavy atom. The number of ether oxygens (including phenoxy) is 1. The summed E-state index contributed by atoms with van der Waals surface area (Å²) in [6, 6.07) is 19.8. The summed E-state index contributed by atoms with van der Waals surface area (Å²) in [5, 5.41) is 14.1. The van der Waals surface area contributed by atoms with Crippen LogP contribution in [0.2, 0.25) is 0 Å². The molecular formula is C25H27N3O6S2. The van der Waals surface area contributed by atoms with Gasteiger partial charge < -0.3 is 10.1 Å². The van der Waals surface area contributed by atoms with Crippen molar-refractivity contribution in [3.05, 3.63) is 94.0 Å². The molecule has 0 aliphatic heterocycles. The number of nitro benzene ring substituents is 1. The molecule has 190 valence electrons. The molecule has 0 spiro atoms. The second kappa shape index (κ2) is 12.4. The van der Waals surface area contributed by atoms with E-state index >= 15 is 0 Å². The normalized spacial score (nSPS) is 11.1. The highest BCUT2D eigenvalue weighted by Crippen LogP contribution is 2.29. The van der Waals surface area contributed by atoms with Gasteiger partial charge in [-0.05, 0) is 42.8 Å². The first-order chi connectivity index (χ1) is 17.2. The van der Waals surface area contributed by atoms with Crippen LogP contribution >= 0.6 is 11.8 Å². The molecule has 0 radical (unpaired) electrons. The Morgan fingerprint density at radius 1 is 1.08 bits per heavy atom. The number of hydrogen-bond donors (Lipinski definition) is 1. The van der Waals surface area contributed by atoms with Crippen molar-refractivity contribution in [3.8, 4) is 5.75 Å². The van der Waals surface area contributed by atoms with Crippen LogP contribution in [0.5, 0.6) is 5.75 Å². The Balaban J connectivity index is 1.75. The number of anilines is 1. The van der Waals surface area contributed by atoms with E-state index in [1.807, 2.05) is 30.3 Å². The average Bonchev–Trinajstić information content (AvgIpc) is 2.87. The Morgan fingerprint density at radius 2 is 1.78 bits per heavy atom. The summed E-state index contributed by atoms with van der Waals surface area (Å²) in [6.45, 7) is 1.40. The van der Waals surface area contributed by atoms with Crippen molar-refractivity contribution in [3.63, 3.8) is 0 Å². The molecular weight excluding hydrogens is 502 g/mol. The van der Waals surface area contributed by atoms with Gasteiger partial charge in [0.25, 0.3) is 15.7 Å². The van der Waals surface area contributed by atoms with Gasteiger partial charge in [0.1, 0.15) is 12.3 Å². The maximum absolute atomic E-state index is 13.5. The van der Waals surface area contributed by atoms with Crippen LogP contribution in [0.15, 0.2) is 77.7 Å². The molecule has 0 heterocycles. The lowest BCUT2D eigenvalue weighted by molar-refractivity contribution is -0.385. The van der Waals surface area contributed by atoms with Crippen molar-refractivity contribution in [2.75, 3.05) is 30.3 Å². The molecule has 0 fully saturated rings. The Kier molecular flexibility index (Phi) is 9.31. The average molecular weight is 530 g/mol. The number of aryl methyl sites for hydroxylation is 1. The number of carbonyl (C=O) groups is 1. The number of sulfonamides is 1. The highest BCUT2D eigenvalue weighted by molar-refractivity contribution is 7.98. The van der Waals surface area contributed by atoms with E-state index in [-0.39, 0.29) is 16.3 Å². The first kappa shape index (κ1) is 27.0. The van der Waals surface area contributed by atoms with E-state index in [4.69, 9.17) is 4.74 Å². The van der Waals surface area contributed by atoms with Crippen LogP contribution in [-0.4, -0.2) is 45.2 Å². The van der Waals surface area contributed by atoms with Gasteiger partial charge in [-0.15, -0.1) is 0 Å². The summed E-state index contributed by atoms with van der Waals surface area (Å²) in [7, 11) is -2.81. The lowest BCUT2D eigenvalue weighted by atomic mass is 10.2. The zero-order valence-electron chi connectivity index (χ0n) is 19.9. The minimum Gasteiger partial charge on any atom is -0.497 e. The second-order valence-corrected chi connectivity index (χ2v) is 10.8. The number of methoxy groups -OCH3 is 1. The van der Waals surface area contributed by atoms with E-state index < -0.39 is 27.4 Å². The van der Waals surface area contributed by atoms with Gasteiger partial charge in [0, 0.05) is 29.7 Å². The topological polar surface area (TPSA) is 119 Å². The minimum atomic E-state index is -4.29. The summed E-state index contributed by atoms with van der Waals surface area (Å²) < 4.78 is 33.1. The van der Waals surface area contributed by atoms with E-state index in [1.54, 1.807) is 23.9 Å². The van der Waals surface area contributed by atoms with E-state index in [1.165, 1.54) is 43.9 Å². The molecule has 0 aliphatic carbocycles. The third kappa shape index (κ3) is 6.98. The highest BCUT2D eigenvalue weighted by Gasteiger charge is 2.29. The van der Waals surface area contributed by atoms with Crippen LogP contribution in [-0.2, 0) is 20.6 Å². The van der Waals surface area contributed by atoms with Crippen molar-refractivity contribution in [1.29, 1.82) is 0 Å². The number of amides is 1. The van der Waals surface area contributed by atoms with Crippen LogP contribution in [0.1, 0.15) is 11.1 Å². The molecule has 0 bridgehead atoms. The van der Waals surface area contributed by atoms with Gasteiger partial charge >= 0.3 is 0 Å². The van der Waals surface area contributed by atoms with Crippen molar-refractivity contribution in [2.45, 2.75) is 17.6 Å². The molecule has 36 heavy (non-hydrogen) atoms. The monoisotopic (exact) mass is 529 g/mol. The van der Waals surface area contributed by atoms with Crippen LogP contribution in [0.25, 0.3) is 0 Å². The number of benzene rings is 3. The number of thioether (sulfide) groups is 1. The van der Waals surface area contributed by atoms with Crippen molar-refractivity contribution in [2.24, 2.45) is 0 Å². The fourth-order valence-corrected chi connectivity index (χ4v) is 5.61. The fourth-order valence-electron chi connectivity index (χ4n) is 3.35.